The maximum Gasteiger partial charge on any atom is 0.0374 e. The molecule has 0 aromatic rings. The third-order valence-corrected chi connectivity index (χ3v) is 4.85. The number of hydrogen-bond acceptors (Lipinski definition) is 2. The molecule has 1 heterocycles. The first-order valence-electron chi connectivity index (χ1n) is 5.94. The minimum absolute atomic E-state index is 0.362. The summed E-state index contributed by atoms with van der Waals surface area (Å²) in [4.78, 5) is 0. The highest BCUT2D eigenvalue weighted by Crippen LogP contribution is 2.32. The van der Waals surface area contributed by atoms with E-state index in [4.69, 9.17) is 5.73 Å². The van der Waals surface area contributed by atoms with Crippen LogP contribution in [0.5, 0.6) is 0 Å². The number of allylic oxidation sites excluding steroid dienone is 1. The van der Waals surface area contributed by atoms with Crippen LogP contribution >= 0.6 is 11.8 Å². The molecule has 1 saturated heterocycles. The van der Waals surface area contributed by atoms with Crippen LogP contribution in [-0.2, 0) is 0 Å². The van der Waals surface area contributed by atoms with Gasteiger partial charge >= 0.3 is 0 Å². The van der Waals surface area contributed by atoms with E-state index in [2.05, 4.69) is 17.8 Å². The zero-order valence-corrected chi connectivity index (χ0v) is 9.69. The average molecular weight is 211 g/mol. The van der Waals surface area contributed by atoms with E-state index in [9.17, 15) is 0 Å². The van der Waals surface area contributed by atoms with Gasteiger partial charge in [-0.05, 0) is 44.3 Å². The Hall–Kier alpha value is 0.0500. The Labute approximate surface area is 91.5 Å². The van der Waals surface area contributed by atoms with Gasteiger partial charge in [-0.15, -0.1) is 0 Å². The molecule has 0 aromatic heterocycles. The van der Waals surface area contributed by atoms with Crippen molar-refractivity contribution >= 4 is 11.8 Å². The highest BCUT2D eigenvalue weighted by molar-refractivity contribution is 8.00. The molecule has 1 fully saturated rings. The fourth-order valence-corrected chi connectivity index (χ4v) is 3.82. The first-order chi connectivity index (χ1) is 6.88. The van der Waals surface area contributed by atoms with Crippen LogP contribution in [0.1, 0.15) is 44.9 Å². The minimum Gasteiger partial charge on any atom is -0.323 e. The molecular weight excluding hydrogens is 190 g/mol. The molecule has 0 saturated carbocycles. The zero-order chi connectivity index (χ0) is 9.80. The molecule has 2 heteroatoms. The third kappa shape index (κ3) is 2.54. The predicted molar refractivity (Wildman–Crippen MR) is 64.6 cm³/mol. The van der Waals surface area contributed by atoms with Crippen molar-refractivity contribution in [1.82, 2.24) is 0 Å². The van der Waals surface area contributed by atoms with Gasteiger partial charge in [-0.2, -0.15) is 11.8 Å². The van der Waals surface area contributed by atoms with Gasteiger partial charge in [0.1, 0.15) is 0 Å². The lowest BCUT2D eigenvalue weighted by atomic mass is 9.98. The normalized spacial score (nSPS) is 30.9. The van der Waals surface area contributed by atoms with E-state index in [1.807, 2.05) is 0 Å². The lowest BCUT2D eigenvalue weighted by molar-refractivity contribution is 0.637. The third-order valence-electron chi connectivity index (χ3n) is 3.37. The van der Waals surface area contributed by atoms with Crippen molar-refractivity contribution in [3.8, 4) is 0 Å². The molecule has 0 bridgehead atoms. The van der Waals surface area contributed by atoms with E-state index >= 15 is 0 Å². The van der Waals surface area contributed by atoms with Gasteiger partial charge in [0, 0.05) is 11.3 Å². The van der Waals surface area contributed by atoms with Crippen molar-refractivity contribution in [3.05, 3.63) is 11.6 Å². The van der Waals surface area contributed by atoms with Crippen molar-refractivity contribution < 1.29 is 0 Å². The molecule has 0 radical (unpaired) electrons. The fourth-order valence-electron chi connectivity index (χ4n) is 2.47. The number of hydrogen-bond donors (Lipinski definition) is 1. The van der Waals surface area contributed by atoms with Crippen molar-refractivity contribution in [2.24, 2.45) is 5.73 Å². The van der Waals surface area contributed by atoms with Crippen molar-refractivity contribution in [2.75, 3.05) is 5.75 Å². The summed E-state index contributed by atoms with van der Waals surface area (Å²) in [6.45, 7) is 0. The average Bonchev–Trinajstić information content (AvgIpc) is 2.59. The Morgan fingerprint density at radius 3 is 3.00 bits per heavy atom. The van der Waals surface area contributed by atoms with Crippen LogP contribution in [0.4, 0.5) is 0 Å². The summed E-state index contributed by atoms with van der Waals surface area (Å²) in [5.41, 5.74) is 7.89. The summed E-state index contributed by atoms with van der Waals surface area (Å²) in [6.07, 6.45) is 11.8. The summed E-state index contributed by atoms with van der Waals surface area (Å²) in [5.74, 6) is 1.33. The maximum absolute atomic E-state index is 6.33. The van der Waals surface area contributed by atoms with E-state index in [1.165, 1.54) is 50.7 Å². The Morgan fingerprint density at radius 2 is 2.21 bits per heavy atom. The van der Waals surface area contributed by atoms with Crippen LogP contribution in [-0.4, -0.2) is 17.0 Å². The van der Waals surface area contributed by atoms with E-state index < -0.39 is 0 Å². The van der Waals surface area contributed by atoms with Gasteiger partial charge in [0.15, 0.2) is 0 Å². The molecule has 14 heavy (non-hydrogen) atoms. The predicted octanol–water partition coefficient (Wildman–Crippen LogP) is 3.10. The van der Waals surface area contributed by atoms with Gasteiger partial charge in [0.2, 0.25) is 0 Å². The molecule has 80 valence electrons. The molecule has 2 rings (SSSR count). The van der Waals surface area contributed by atoms with Crippen LogP contribution in [0, 0.1) is 0 Å². The molecule has 0 amide bonds. The second kappa shape index (κ2) is 5.22. The molecular formula is C12H21NS. The van der Waals surface area contributed by atoms with E-state index in [1.54, 1.807) is 5.57 Å². The Bertz CT molecular complexity index is 206. The summed E-state index contributed by atoms with van der Waals surface area (Å²) in [6, 6.07) is 0.362. The summed E-state index contributed by atoms with van der Waals surface area (Å²) >= 11 is 2.09. The monoisotopic (exact) mass is 211 g/mol. The number of thioether (sulfide) groups is 1. The SMILES string of the molecule is NC(C1=CCCCCC1)C1CCCS1. The molecule has 0 aromatic carbocycles. The molecule has 1 aliphatic heterocycles. The van der Waals surface area contributed by atoms with Crippen LogP contribution in [0.15, 0.2) is 11.6 Å². The molecule has 2 aliphatic rings. The number of rotatable bonds is 2. The molecule has 1 nitrogen and oxygen atoms in total. The largest absolute Gasteiger partial charge is 0.323 e. The second-order valence-corrected chi connectivity index (χ2v) is 5.80. The van der Waals surface area contributed by atoms with Gasteiger partial charge < -0.3 is 5.73 Å². The Kier molecular flexibility index (Phi) is 3.94. The summed E-state index contributed by atoms with van der Waals surface area (Å²) in [5, 5.41) is 0.722. The van der Waals surface area contributed by atoms with Crippen molar-refractivity contribution in [3.63, 3.8) is 0 Å². The van der Waals surface area contributed by atoms with Crippen LogP contribution in [0.2, 0.25) is 0 Å². The van der Waals surface area contributed by atoms with Crippen LogP contribution in [0.25, 0.3) is 0 Å². The van der Waals surface area contributed by atoms with Gasteiger partial charge in [0.05, 0.1) is 0 Å². The van der Waals surface area contributed by atoms with Gasteiger partial charge in [-0.25, -0.2) is 0 Å². The minimum atomic E-state index is 0.362. The quantitative estimate of drug-likeness (QED) is 0.710. The van der Waals surface area contributed by atoms with Gasteiger partial charge in [-0.3, -0.25) is 0 Å². The Balaban J connectivity index is 1.94. The maximum atomic E-state index is 6.33. The first kappa shape index (κ1) is 10.6. The van der Waals surface area contributed by atoms with Crippen LogP contribution < -0.4 is 5.73 Å². The lowest BCUT2D eigenvalue weighted by Gasteiger charge is -2.21. The van der Waals surface area contributed by atoms with E-state index in [-0.39, 0.29) is 0 Å². The van der Waals surface area contributed by atoms with Crippen LogP contribution in [0.3, 0.4) is 0 Å². The van der Waals surface area contributed by atoms with Gasteiger partial charge in [-0.1, -0.05) is 18.1 Å². The van der Waals surface area contributed by atoms with Crippen molar-refractivity contribution in [2.45, 2.75) is 56.2 Å². The molecule has 2 atom stereocenters. The summed E-state index contributed by atoms with van der Waals surface area (Å²) < 4.78 is 0. The lowest BCUT2D eigenvalue weighted by Crippen LogP contribution is -2.32. The molecule has 0 spiro atoms. The highest BCUT2D eigenvalue weighted by Gasteiger charge is 2.25. The molecule has 2 unspecified atom stereocenters. The fraction of sp³-hybridized carbons (Fsp3) is 0.833. The smallest absolute Gasteiger partial charge is 0.0374 e. The molecule has 2 N–H and O–H groups in total. The van der Waals surface area contributed by atoms with Crippen molar-refractivity contribution in [1.29, 1.82) is 0 Å². The van der Waals surface area contributed by atoms with E-state index in [0.717, 1.165) is 5.25 Å². The summed E-state index contributed by atoms with van der Waals surface area (Å²) in [7, 11) is 0. The zero-order valence-electron chi connectivity index (χ0n) is 8.87. The van der Waals surface area contributed by atoms with Gasteiger partial charge in [0.25, 0.3) is 0 Å². The number of nitrogens with two attached hydrogens (primary N) is 1. The molecule has 1 aliphatic carbocycles. The highest BCUT2D eigenvalue weighted by atomic mass is 32.2. The Morgan fingerprint density at radius 1 is 1.29 bits per heavy atom. The second-order valence-electron chi connectivity index (χ2n) is 4.46. The first-order valence-corrected chi connectivity index (χ1v) is 6.99. The van der Waals surface area contributed by atoms with E-state index in [0.29, 0.717) is 6.04 Å². The standard InChI is InChI=1S/C12H21NS/c13-12(11-8-5-9-14-11)10-6-3-1-2-4-7-10/h6,11-12H,1-5,7-9,13H2. The topological polar surface area (TPSA) is 26.0 Å².